The van der Waals surface area contributed by atoms with Gasteiger partial charge in [0.2, 0.25) is 20.3 Å². The zero-order valence-corrected chi connectivity index (χ0v) is 96.4. The van der Waals surface area contributed by atoms with E-state index in [0.717, 1.165) is 133 Å². The van der Waals surface area contributed by atoms with Crippen molar-refractivity contribution in [3.63, 3.8) is 0 Å². The highest BCUT2D eigenvalue weighted by atomic mass is 32.1. The van der Waals surface area contributed by atoms with Gasteiger partial charge in [0.05, 0.1) is 44.6 Å². The van der Waals surface area contributed by atoms with Crippen LogP contribution in [0.15, 0.2) is 208 Å². The van der Waals surface area contributed by atoms with E-state index in [1.54, 1.807) is 45.3 Å². The topological polar surface area (TPSA) is 141 Å². The van der Waals surface area contributed by atoms with Crippen molar-refractivity contribution in [3.8, 4) is 54.7 Å². The Morgan fingerprint density at radius 3 is 0.933 bits per heavy atom. The molecule has 10 aromatic carbocycles. The van der Waals surface area contributed by atoms with E-state index in [9.17, 15) is 0 Å². The molecule has 0 saturated heterocycles. The van der Waals surface area contributed by atoms with Gasteiger partial charge in [-0.1, -0.05) is 241 Å². The maximum atomic E-state index is 6.43. The number of furan rings is 6. The molecule has 0 bridgehead atoms. The first-order chi connectivity index (χ1) is 70.7. The average molecular weight is 2070 g/mol. The Morgan fingerprint density at radius 1 is 0.213 bits per heavy atom. The van der Waals surface area contributed by atoms with E-state index in [0.29, 0.717) is 52.6 Å². The van der Waals surface area contributed by atoms with E-state index in [2.05, 4.69) is 386 Å². The fourth-order valence-corrected chi connectivity index (χ4v) is 25.5. The largest absolute Gasteiger partial charge is 0.445 e. The quantitative estimate of drug-likeness (QED) is 0.161. The van der Waals surface area contributed by atoms with E-state index >= 15 is 0 Å². The number of hydrogen-bond acceptors (Lipinski definition) is 20. The van der Waals surface area contributed by atoms with Gasteiger partial charge in [-0.3, -0.25) is 0 Å². The van der Waals surface area contributed by atoms with Crippen LogP contribution in [0.3, 0.4) is 0 Å². The third-order valence-electron chi connectivity index (χ3n) is 29.1. The zero-order valence-electron chi connectivity index (χ0n) is 93.2. The van der Waals surface area contributed by atoms with Crippen molar-refractivity contribution in [1.29, 1.82) is 0 Å². The molecular formula is C130H135N5O11S4. The number of aryl methyl sites for hydroxylation is 20. The molecule has 0 aliphatic carbocycles. The van der Waals surface area contributed by atoms with E-state index in [4.69, 9.17) is 50.2 Å². The Labute approximate surface area is 897 Å². The van der Waals surface area contributed by atoms with E-state index in [-0.39, 0.29) is 27.1 Å². The van der Waals surface area contributed by atoms with Crippen LogP contribution in [0.1, 0.15) is 242 Å². The van der Waals surface area contributed by atoms with Crippen molar-refractivity contribution >= 4 is 185 Å². The van der Waals surface area contributed by atoms with Crippen molar-refractivity contribution < 1.29 is 50.2 Å². The second kappa shape index (κ2) is 37.0. The summed E-state index contributed by atoms with van der Waals surface area (Å²) in [5.74, 6) is 10.7. The number of benzene rings is 10. The maximum Gasteiger partial charge on any atom is 0.251 e. The predicted octanol–water partition coefficient (Wildman–Crippen LogP) is 42.5. The SMILES string of the molecule is Cc1cc2c(o1)N(c1c(C)cc(C(C)(C)C)cc1C)c1oc3c(C)cccc3c1O2.Cc1ccc2c3c(oc2c1)N(c1c(C)cc(C(C)(C)C)cc1C)c1oc(C)cc1O3.Cc1ccc2c3c(sc2c1)Oc1sc(C)cc1N3c1c(C)cc(C(C)(C)C)cc1C.Cc1ccc2oc3c(c2c1)Oc1cc(C)oc1N3c1c(C)cc(C(C)(C)C)cc1C.Cc1ccc2sc3c(c2c1)N(c1c(C)cc(C(C)(C)C)cc1C)c1cc(C)sc1O3. The fraction of sp³-hybridized carbons (Fsp3) is 0.308. The Balaban J connectivity index is 0.000000109. The summed E-state index contributed by atoms with van der Waals surface area (Å²) in [7, 11) is 0. The predicted molar refractivity (Wildman–Crippen MR) is 627 cm³/mol. The van der Waals surface area contributed by atoms with Crippen LogP contribution in [0.25, 0.3) is 53.1 Å². The van der Waals surface area contributed by atoms with Gasteiger partial charge >= 0.3 is 0 Å². The Kier molecular flexibility index (Phi) is 25.1. The lowest BCUT2D eigenvalue weighted by molar-refractivity contribution is 0.440. The molecule has 20 aromatic rings. The van der Waals surface area contributed by atoms with Gasteiger partial charge in [-0.15, -0.1) is 22.7 Å². The molecule has 0 saturated carbocycles. The van der Waals surface area contributed by atoms with E-state index in [1.807, 2.05) is 63.2 Å². The van der Waals surface area contributed by atoms with Gasteiger partial charge in [-0.2, -0.15) is 0 Å². The number of anilines is 15. The van der Waals surface area contributed by atoms with Crippen molar-refractivity contribution in [3.05, 3.63) is 320 Å². The Hall–Kier alpha value is -14.0. The molecule has 5 aliphatic heterocycles. The standard InChI is InChI=1S/3C26H27NO3.2C26H27NOS2/c1-14-8-9-20-19(10-14)23-25(30-20)27(24-21(29-23)13-17(4)28-24)22-15(2)11-18(12-16(22)3)26(5,6)7;1-14-8-9-19-20(10-14)30-25-23(19)29-21-13-17(4)28-24(21)27(25)22-15(2)11-18(12-16(22)3)26(5,6)7;1-14-9-8-10-19-22(14)30-25-23(19)29-20-13-17(4)28-24(20)27(25)21-15(2)11-18(12-16(21)3)26(5,6)7;1-14-8-9-21-19(10-14)23-25(30-21)28-24-20(13-17(4)29-24)27(23)22-15(2)11-18(12-16(22)3)26(5,6)7;1-14-8-9-19-21(10-14)30-25-23(19)27(20-13-17(4)29-24(20)28-25)22-15(2)11-18(12-16(22)3)26(5,6)7/h5*8-13H,1-7H3. The second-order valence-corrected chi connectivity index (χ2v) is 51.5. The first kappa shape index (κ1) is 102. The highest BCUT2D eigenvalue weighted by Crippen LogP contribution is 2.66. The van der Waals surface area contributed by atoms with Gasteiger partial charge < -0.3 is 60.0 Å². The van der Waals surface area contributed by atoms with Gasteiger partial charge in [-0.25, -0.2) is 14.7 Å². The average Bonchev–Trinajstić information content (AvgIpc) is 1.58. The van der Waals surface area contributed by atoms with E-state index < -0.39 is 0 Å². The molecule has 150 heavy (non-hydrogen) atoms. The lowest BCUT2D eigenvalue weighted by Gasteiger charge is -2.33. The number of hydrogen-bond donors (Lipinski definition) is 0. The minimum absolute atomic E-state index is 0.0765. The summed E-state index contributed by atoms with van der Waals surface area (Å²) >= 11 is 6.94. The minimum atomic E-state index is 0.0765. The van der Waals surface area contributed by atoms with Crippen LogP contribution in [0.2, 0.25) is 0 Å². The third kappa shape index (κ3) is 18.1. The maximum absolute atomic E-state index is 6.43. The van der Waals surface area contributed by atoms with Gasteiger partial charge in [-0.05, 0) is 326 Å². The summed E-state index contributed by atoms with van der Waals surface area (Å²) in [6.45, 7) is 76.3. The number of fused-ring (bicyclic) bond motifs is 20. The Bertz CT molecular complexity index is 8650. The number of thiophene rings is 4. The van der Waals surface area contributed by atoms with Gasteiger partial charge in [0, 0.05) is 48.1 Å². The summed E-state index contributed by atoms with van der Waals surface area (Å²) < 4.78 is 71.6. The summed E-state index contributed by atoms with van der Waals surface area (Å²) in [6, 6.07) is 65.2. The highest BCUT2D eigenvalue weighted by molar-refractivity contribution is 7.22. The Morgan fingerprint density at radius 2 is 0.533 bits per heavy atom. The zero-order chi connectivity index (χ0) is 107. The lowest BCUT2D eigenvalue weighted by Crippen LogP contribution is -2.18. The molecule has 0 atom stereocenters. The third-order valence-corrected chi connectivity index (χ3v) is 33.0. The molecule has 0 spiro atoms. The van der Waals surface area contributed by atoms with Crippen LogP contribution in [0.5, 0.6) is 54.7 Å². The highest BCUT2D eigenvalue weighted by Gasteiger charge is 2.44. The number of nitrogens with zero attached hydrogens (tertiary/aromatic N) is 5. The molecule has 16 nitrogen and oxygen atoms in total. The summed E-state index contributed by atoms with van der Waals surface area (Å²) in [4.78, 5) is 13.7. The van der Waals surface area contributed by atoms with Gasteiger partial charge in [0.1, 0.15) is 56.8 Å². The molecular weight excluding hydrogens is 1940 g/mol. The number of rotatable bonds is 5. The molecule has 0 fully saturated rings. The molecule has 10 aromatic heterocycles. The lowest BCUT2D eigenvalue weighted by atomic mass is 9.84. The fourth-order valence-electron chi connectivity index (χ4n) is 21.5. The van der Waals surface area contributed by atoms with Gasteiger partial charge in [0.15, 0.2) is 34.5 Å². The van der Waals surface area contributed by atoms with Gasteiger partial charge in [0.25, 0.3) is 35.3 Å². The van der Waals surface area contributed by atoms with Crippen LogP contribution in [-0.4, -0.2) is 0 Å². The molecule has 0 unspecified atom stereocenters. The molecule has 0 radical (unpaired) electrons. The first-order valence-electron chi connectivity index (χ1n) is 51.8. The number of ether oxygens (including phenoxy) is 5. The molecule has 770 valence electrons. The normalized spacial score (nSPS) is 13.4. The second-order valence-electron chi connectivity index (χ2n) is 47.0. The van der Waals surface area contributed by atoms with Crippen LogP contribution in [0, 0.1) is 138 Å². The molecule has 5 aliphatic rings. The van der Waals surface area contributed by atoms with Crippen LogP contribution in [-0.2, 0) is 27.1 Å². The van der Waals surface area contributed by atoms with Crippen LogP contribution >= 0.6 is 45.3 Å². The van der Waals surface area contributed by atoms with Crippen molar-refractivity contribution in [1.82, 2.24) is 0 Å². The molecule has 25 rings (SSSR count). The summed E-state index contributed by atoms with van der Waals surface area (Å²) in [5.41, 5.74) is 38.2. The van der Waals surface area contributed by atoms with Crippen molar-refractivity contribution in [2.75, 3.05) is 24.5 Å². The van der Waals surface area contributed by atoms with Crippen LogP contribution in [0.4, 0.5) is 86.5 Å². The van der Waals surface area contributed by atoms with Crippen LogP contribution < -0.4 is 48.2 Å². The smallest absolute Gasteiger partial charge is 0.251 e. The molecule has 20 heteroatoms. The van der Waals surface area contributed by atoms with E-state index in [1.165, 1.54) is 147 Å². The summed E-state index contributed by atoms with van der Waals surface area (Å²) in [6.07, 6.45) is 0. The first-order valence-corrected chi connectivity index (χ1v) is 55.1. The molecule has 0 N–H and O–H groups in total. The van der Waals surface area contributed by atoms with Crippen molar-refractivity contribution in [2.24, 2.45) is 0 Å². The minimum Gasteiger partial charge on any atom is -0.445 e. The molecule has 15 heterocycles. The monoisotopic (exact) mass is 2070 g/mol. The number of para-hydroxylation sites is 1. The summed E-state index contributed by atoms with van der Waals surface area (Å²) in [5, 5.41) is 9.39. The van der Waals surface area contributed by atoms with Crippen molar-refractivity contribution in [2.45, 2.75) is 269 Å². The molecule has 0 amide bonds.